The van der Waals surface area contributed by atoms with Crippen LogP contribution in [0.15, 0.2) is 43.0 Å². The van der Waals surface area contributed by atoms with Gasteiger partial charge in [0.2, 0.25) is 0 Å². The maximum atomic E-state index is 3.82. The van der Waals surface area contributed by atoms with Gasteiger partial charge in [0, 0.05) is 0 Å². The fourth-order valence-corrected chi connectivity index (χ4v) is 1.30. The average molecular weight is 191 g/mol. The molecule has 0 heterocycles. The molecule has 0 aliphatic carbocycles. The van der Waals surface area contributed by atoms with Gasteiger partial charge in [0.15, 0.2) is 0 Å². The Morgan fingerprint density at radius 2 is 1.64 bits per heavy atom. The summed E-state index contributed by atoms with van der Waals surface area (Å²) in [5.74, 6) is 0. The first-order valence-electron chi connectivity index (χ1n) is 5.09. The van der Waals surface area contributed by atoms with Crippen molar-refractivity contribution < 1.29 is 0 Å². The van der Waals surface area contributed by atoms with Crippen molar-refractivity contribution in [2.45, 2.75) is 19.9 Å². The molecule has 0 saturated heterocycles. The molecule has 0 aliphatic rings. The van der Waals surface area contributed by atoms with E-state index in [1.165, 1.54) is 5.56 Å². The van der Waals surface area contributed by atoms with Crippen LogP contribution >= 0.6 is 0 Å². The number of nitrogens with zero attached hydrogens (tertiary/aromatic N) is 1. The van der Waals surface area contributed by atoms with Crippen molar-refractivity contribution in [2.24, 2.45) is 0 Å². The summed E-state index contributed by atoms with van der Waals surface area (Å²) in [6.45, 7) is 7.82. The van der Waals surface area contributed by atoms with Crippen LogP contribution in [0.5, 0.6) is 0 Å². The zero-order valence-electron chi connectivity index (χ0n) is 9.70. The molecule has 78 valence electrons. The van der Waals surface area contributed by atoms with Gasteiger partial charge in [-0.15, -0.1) is 6.58 Å². The molecule has 0 bridgehead atoms. The van der Waals surface area contributed by atoms with Gasteiger partial charge in [-0.2, -0.15) is 0 Å². The van der Waals surface area contributed by atoms with E-state index in [-0.39, 0.29) is 0 Å². The van der Waals surface area contributed by atoms with Crippen molar-refractivity contribution in [1.29, 1.82) is 0 Å². The lowest BCUT2D eigenvalue weighted by atomic mass is 10.1. The molecule has 1 heteroatoms. The quantitative estimate of drug-likeness (QED) is 0.661. The first-order chi connectivity index (χ1) is 6.75. The summed E-state index contributed by atoms with van der Waals surface area (Å²) in [7, 11) is 4.11. The second-order valence-corrected chi connectivity index (χ2v) is 3.05. The van der Waals surface area contributed by atoms with E-state index in [0.29, 0.717) is 6.04 Å². The van der Waals surface area contributed by atoms with Crippen molar-refractivity contribution in [1.82, 2.24) is 4.90 Å². The third kappa shape index (κ3) is 3.75. The van der Waals surface area contributed by atoms with E-state index in [0.717, 1.165) is 0 Å². The van der Waals surface area contributed by atoms with Crippen LogP contribution in [0.25, 0.3) is 0 Å². The summed E-state index contributed by atoms with van der Waals surface area (Å²) < 4.78 is 0. The highest BCUT2D eigenvalue weighted by Gasteiger charge is 2.07. The van der Waals surface area contributed by atoms with E-state index >= 15 is 0 Å². The maximum absolute atomic E-state index is 3.82. The van der Waals surface area contributed by atoms with Gasteiger partial charge in [0.25, 0.3) is 0 Å². The average Bonchev–Trinajstić information content (AvgIpc) is 2.23. The van der Waals surface area contributed by atoms with Gasteiger partial charge in [-0.05, 0) is 19.7 Å². The van der Waals surface area contributed by atoms with Gasteiger partial charge < -0.3 is 0 Å². The highest BCUT2D eigenvalue weighted by atomic mass is 15.1. The minimum absolute atomic E-state index is 0.325. The van der Waals surface area contributed by atoms with Gasteiger partial charge in [-0.25, -0.2) is 0 Å². The Labute approximate surface area is 88.1 Å². The summed E-state index contributed by atoms with van der Waals surface area (Å²) in [6.07, 6.45) is 1.95. The zero-order valence-corrected chi connectivity index (χ0v) is 9.70. The highest BCUT2D eigenvalue weighted by molar-refractivity contribution is 5.22. The molecule has 0 amide bonds. The standard InChI is InChI=1S/C11H15N.C2H6/c1-4-11(12(2)3)10-8-6-5-7-9-10;1-2/h4-9,11H,1H2,2-3H3;1-2H3. The van der Waals surface area contributed by atoms with Crippen molar-refractivity contribution >= 4 is 0 Å². The van der Waals surface area contributed by atoms with Crippen LogP contribution in [0.1, 0.15) is 25.5 Å². The Balaban J connectivity index is 0.000000791. The third-order valence-electron chi connectivity index (χ3n) is 1.92. The first kappa shape index (κ1) is 12.9. The Morgan fingerprint density at radius 1 is 1.14 bits per heavy atom. The minimum Gasteiger partial charge on any atom is -0.299 e. The van der Waals surface area contributed by atoms with Crippen LogP contribution < -0.4 is 0 Å². The molecule has 0 fully saturated rings. The number of likely N-dealkylation sites (N-methyl/N-ethyl adjacent to an activating group) is 1. The summed E-state index contributed by atoms with van der Waals surface area (Å²) in [6, 6.07) is 10.7. The first-order valence-corrected chi connectivity index (χ1v) is 5.09. The molecule has 0 spiro atoms. The zero-order chi connectivity index (χ0) is 11.0. The summed E-state index contributed by atoms with van der Waals surface area (Å²) in [5, 5.41) is 0. The maximum Gasteiger partial charge on any atom is 0.0523 e. The predicted octanol–water partition coefficient (Wildman–Crippen LogP) is 3.50. The fourth-order valence-electron chi connectivity index (χ4n) is 1.30. The number of benzene rings is 1. The van der Waals surface area contributed by atoms with Crippen molar-refractivity contribution in [3.63, 3.8) is 0 Å². The molecule has 0 aromatic heterocycles. The molecule has 1 aromatic rings. The topological polar surface area (TPSA) is 3.24 Å². The Kier molecular flexibility index (Phi) is 6.77. The van der Waals surface area contributed by atoms with E-state index in [1.54, 1.807) is 0 Å². The van der Waals surface area contributed by atoms with Gasteiger partial charge >= 0.3 is 0 Å². The Bertz CT molecular complexity index is 239. The molecule has 1 nitrogen and oxygen atoms in total. The predicted molar refractivity (Wildman–Crippen MR) is 64.4 cm³/mol. The third-order valence-corrected chi connectivity index (χ3v) is 1.92. The lowest BCUT2D eigenvalue weighted by Crippen LogP contribution is -2.17. The van der Waals surface area contributed by atoms with Crippen LogP contribution in [0.3, 0.4) is 0 Å². The molecular weight excluding hydrogens is 170 g/mol. The Morgan fingerprint density at radius 3 is 2.00 bits per heavy atom. The van der Waals surface area contributed by atoms with Crippen molar-refractivity contribution in [2.75, 3.05) is 14.1 Å². The molecule has 0 N–H and O–H groups in total. The van der Waals surface area contributed by atoms with Crippen molar-refractivity contribution in [3.05, 3.63) is 48.6 Å². The molecule has 1 aromatic carbocycles. The van der Waals surface area contributed by atoms with E-state index in [1.807, 2.05) is 26.0 Å². The van der Waals surface area contributed by atoms with Crippen LogP contribution in [0.4, 0.5) is 0 Å². The molecular formula is C13H21N. The normalized spacial score (nSPS) is 11.5. The largest absolute Gasteiger partial charge is 0.299 e. The summed E-state index contributed by atoms with van der Waals surface area (Å²) in [4.78, 5) is 2.14. The lowest BCUT2D eigenvalue weighted by molar-refractivity contribution is 0.351. The number of hydrogen-bond donors (Lipinski definition) is 0. The minimum atomic E-state index is 0.325. The number of rotatable bonds is 3. The van der Waals surface area contributed by atoms with E-state index in [2.05, 4.69) is 49.8 Å². The SMILES string of the molecule is C=CC(c1ccccc1)N(C)C.CC. The van der Waals surface area contributed by atoms with Crippen LogP contribution in [-0.2, 0) is 0 Å². The second-order valence-electron chi connectivity index (χ2n) is 3.05. The monoisotopic (exact) mass is 191 g/mol. The molecule has 0 radical (unpaired) electrons. The lowest BCUT2D eigenvalue weighted by Gasteiger charge is -2.20. The fraction of sp³-hybridized carbons (Fsp3) is 0.385. The molecule has 14 heavy (non-hydrogen) atoms. The highest BCUT2D eigenvalue weighted by Crippen LogP contribution is 2.17. The number of hydrogen-bond acceptors (Lipinski definition) is 1. The molecule has 1 unspecified atom stereocenters. The van der Waals surface area contributed by atoms with Crippen molar-refractivity contribution in [3.8, 4) is 0 Å². The molecule has 0 saturated carbocycles. The van der Waals surface area contributed by atoms with Gasteiger partial charge in [-0.3, -0.25) is 4.90 Å². The van der Waals surface area contributed by atoms with E-state index in [9.17, 15) is 0 Å². The Hall–Kier alpha value is -1.08. The van der Waals surface area contributed by atoms with Crippen LogP contribution in [0.2, 0.25) is 0 Å². The van der Waals surface area contributed by atoms with Gasteiger partial charge in [0.1, 0.15) is 0 Å². The molecule has 1 atom stereocenters. The van der Waals surface area contributed by atoms with Gasteiger partial charge in [-0.1, -0.05) is 50.3 Å². The van der Waals surface area contributed by atoms with Gasteiger partial charge in [0.05, 0.1) is 6.04 Å². The molecule has 0 aliphatic heterocycles. The molecule has 1 rings (SSSR count). The summed E-state index contributed by atoms with van der Waals surface area (Å²) in [5.41, 5.74) is 1.29. The smallest absolute Gasteiger partial charge is 0.0523 e. The van der Waals surface area contributed by atoms with Crippen LogP contribution in [0, 0.1) is 0 Å². The van der Waals surface area contributed by atoms with E-state index in [4.69, 9.17) is 0 Å². The summed E-state index contributed by atoms with van der Waals surface area (Å²) >= 11 is 0. The second kappa shape index (κ2) is 7.34. The van der Waals surface area contributed by atoms with E-state index < -0.39 is 0 Å². The van der Waals surface area contributed by atoms with Crippen LogP contribution in [-0.4, -0.2) is 19.0 Å².